The van der Waals surface area contributed by atoms with Gasteiger partial charge in [0.1, 0.15) is 0 Å². The van der Waals surface area contributed by atoms with Gasteiger partial charge in [-0.1, -0.05) is 44.7 Å². The summed E-state index contributed by atoms with van der Waals surface area (Å²) in [5.41, 5.74) is 6.69. The van der Waals surface area contributed by atoms with Crippen molar-refractivity contribution >= 4 is 23.2 Å². The van der Waals surface area contributed by atoms with Crippen molar-refractivity contribution in [2.24, 2.45) is 5.92 Å². The molecule has 0 aromatic heterocycles. The van der Waals surface area contributed by atoms with Crippen LogP contribution >= 0.6 is 11.6 Å². The molecule has 1 aromatic rings. The van der Waals surface area contributed by atoms with E-state index in [1.54, 1.807) is 18.2 Å². The van der Waals surface area contributed by atoms with Crippen molar-refractivity contribution in [2.45, 2.75) is 39.5 Å². The molecule has 4 heteroatoms. The van der Waals surface area contributed by atoms with Gasteiger partial charge in [0.15, 0.2) is 0 Å². The lowest BCUT2D eigenvalue weighted by molar-refractivity contribution is 0.0946. The number of halogens is 1. The summed E-state index contributed by atoms with van der Waals surface area (Å²) in [6, 6.07) is 4.96. The fourth-order valence-electron chi connectivity index (χ4n) is 1.97. The van der Waals surface area contributed by atoms with Crippen LogP contribution in [0.25, 0.3) is 0 Å². The number of nitrogens with two attached hydrogens (primary N) is 1. The zero-order valence-corrected chi connectivity index (χ0v) is 12.5. The Morgan fingerprint density at radius 3 is 2.74 bits per heavy atom. The Bertz CT molecular complexity index is 421. The normalized spacial score (nSPS) is 12.2. The van der Waals surface area contributed by atoms with Crippen molar-refractivity contribution in [3.05, 3.63) is 28.8 Å². The summed E-state index contributed by atoms with van der Waals surface area (Å²) in [4.78, 5) is 12.0. The minimum absolute atomic E-state index is 0.0849. The Morgan fingerprint density at radius 2 is 2.16 bits per heavy atom. The van der Waals surface area contributed by atoms with Crippen LogP contribution in [0.1, 0.15) is 49.9 Å². The van der Waals surface area contributed by atoms with E-state index in [9.17, 15) is 4.79 Å². The second-order valence-electron chi connectivity index (χ2n) is 4.86. The SMILES string of the molecule is CCCCC(CC)CNC(=O)c1ccc(Cl)c(N)c1. The van der Waals surface area contributed by atoms with Gasteiger partial charge >= 0.3 is 0 Å². The van der Waals surface area contributed by atoms with Crippen molar-refractivity contribution in [2.75, 3.05) is 12.3 Å². The zero-order chi connectivity index (χ0) is 14.3. The van der Waals surface area contributed by atoms with E-state index in [1.807, 2.05) is 0 Å². The van der Waals surface area contributed by atoms with Crippen LogP contribution in [0.4, 0.5) is 5.69 Å². The van der Waals surface area contributed by atoms with Crippen LogP contribution < -0.4 is 11.1 Å². The number of nitrogen functional groups attached to an aromatic ring is 1. The maximum absolute atomic E-state index is 12.0. The van der Waals surface area contributed by atoms with Gasteiger partial charge in [0.05, 0.1) is 10.7 Å². The van der Waals surface area contributed by atoms with Crippen molar-refractivity contribution < 1.29 is 4.79 Å². The molecule has 0 aliphatic rings. The number of anilines is 1. The standard InChI is InChI=1S/C15H23ClN2O/c1-3-5-6-11(4-2)10-18-15(19)12-7-8-13(16)14(17)9-12/h7-9,11H,3-6,10,17H2,1-2H3,(H,18,19). The van der Waals surface area contributed by atoms with Crippen LogP contribution in [0, 0.1) is 5.92 Å². The number of carbonyl (C=O) groups excluding carboxylic acids is 1. The van der Waals surface area contributed by atoms with Crippen LogP contribution in [-0.2, 0) is 0 Å². The lowest BCUT2D eigenvalue weighted by atomic mass is 9.99. The van der Waals surface area contributed by atoms with Crippen LogP contribution in [-0.4, -0.2) is 12.5 Å². The average Bonchev–Trinajstić information content (AvgIpc) is 2.41. The molecule has 0 heterocycles. The number of carbonyl (C=O) groups is 1. The predicted octanol–water partition coefficient (Wildman–Crippen LogP) is 3.87. The van der Waals surface area contributed by atoms with Crippen LogP contribution in [0.2, 0.25) is 5.02 Å². The molecule has 106 valence electrons. The molecule has 0 bridgehead atoms. The Labute approximate surface area is 120 Å². The van der Waals surface area contributed by atoms with Gasteiger partial charge in [0.2, 0.25) is 0 Å². The molecule has 1 amide bonds. The molecule has 0 radical (unpaired) electrons. The van der Waals surface area contributed by atoms with Gasteiger partial charge in [0.25, 0.3) is 5.91 Å². The Kier molecular flexibility index (Phi) is 6.71. The molecule has 1 rings (SSSR count). The highest BCUT2D eigenvalue weighted by atomic mass is 35.5. The van der Waals surface area contributed by atoms with Crippen molar-refractivity contribution in [1.29, 1.82) is 0 Å². The maximum atomic E-state index is 12.0. The van der Waals surface area contributed by atoms with Crippen molar-refractivity contribution in [3.63, 3.8) is 0 Å². The summed E-state index contributed by atoms with van der Waals surface area (Å²) in [5, 5.41) is 3.45. The highest BCUT2D eigenvalue weighted by molar-refractivity contribution is 6.33. The first-order valence-electron chi connectivity index (χ1n) is 6.91. The van der Waals surface area contributed by atoms with E-state index >= 15 is 0 Å². The number of amides is 1. The predicted molar refractivity (Wildman–Crippen MR) is 81.5 cm³/mol. The second-order valence-corrected chi connectivity index (χ2v) is 5.27. The molecular formula is C15H23ClN2O. The Hall–Kier alpha value is -1.22. The largest absolute Gasteiger partial charge is 0.398 e. The summed E-state index contributed by atoms with van der Waals surface area (Å²) in [6.07, 6.45) is 4.65. The summed E-state index contributed by atoms with van der Waals surface area (Å²) in [5.74, 6) is 0.465. The molecule has 19 heavy (non-hydrogen) atoms. The summed E-state index contributed by atoms with van der Waals surface area (Å²) in [6.45, 7) is 5.06. The first-order valence-corrected chi connectivity index (χ1v) is 7.29. The van der Waals surface area contributed by atoms with Crippen molar-refractivity contribution in [1.82, 2.24) is 5.32 Å². The third-order valence-corrected chi connectivity index (χ3v) is 3.70. The smallest absolute Gasteiger partial charge is 0.251 e. The summed E-state index contributed by atoms with van der Waals surface area (Å²) >= 11 is 5.84. The minimum atomic E-state index is -0.0849. The lowest BCUT2D eigenvalue weighted by Crippen LogP contribution is -2.29. The third-order valence-electron chi connectivity index (χ3n) is 3.35. The molecule has 3 N–H and O–H groups in total. The topological polar surface area (TPSA) is 55.1 Å². The molecule has 3 nitrogen and oxygen atoms in total. The van der Waals surface area contributed by atoms with Gasteiger partial charge < -0.3 is 11.1 Å². The summed E-state index contributed by atoms with van der Waals surface area (Å²) in [7, 11) is 0. The van der Waals surface area contributed by atoms with Crippen LogP contribution in [0.5, 0.6) is 0 Å². The van der Waals surface area contributed by atoms with Gasteiger partial charge in [-0.25, -0.2) is 0 Å². The number of benzene rings is 1. The molecule has 0 aliphatic heterocycles. The van der Waals surface area contributed by atoms with Gasteiger partial charge in [-0.2, -0.15) is 0 Å². The van der Waals surface area contributed by atoms with E-state index in [-0.39, 0.29) is 5.91 Å². The minimum Gasteiger partial charge on any atom is -0.398 e. The highest BCUT2D eigenvalue weighted by Gasteiger charge is 2.10. The molecule has 0 saturated heterocycles. The lowest BCUT2D eigenvalue weighted by Gasteiger charge is -2.15. The molecule has 1 unspecified atom stereocenters. The van der Waals surface area contributed by atoms with E-state index in [2.05, 4.69) is 19.2 Å². The quantitative estimate of drug-likeness (QED) is 0.746. The number of rotatable bonds is 7. The Balaban J connectivity index is 2.52. The van der Waals surface area contributed by atoms with Gasteiger partial charge in [0, 0.05) is 12.1 Å². The van der Waals surface area contributed by atoms with E-state index in [0.717, 1.165) is 19.4 Å². The highest BCUT2D eigenvalue weighted by Crippen LogP contribution is 2.19. The average molecular weight is 283 g/mol. The third kappa shape index (κ3) is 5.11. The molecule has 1 atom stereocenters. The second kappa shape index (κ2) is 8.05. The van der Waals surface area contributed by atoms with Gasteiger partial charge in [-0.05, 0) is 30.5 Å². The van der Waals surface area contributed by atoms with Gasteiger partial charge in [-0.3, -0.25) is 4.79 Å². The molecule has 1 aromatic carbocycles. The van der Waals surface area contributed by atoms with Crippen LogP contribution in [0.3, 0.4) is 0 Å². The number of hydrogen-bond acceptors (Lipinski definition) is 2. The molecule has 0 spiro atoms. The Morgan fingerprint density at radius 1 is 1.42 bits per heavy atom. The molecule has 0 saturated carbocycles. The van der Waals surface area contributed by atoms with E-state index in [0.29, 0.717) is 22.2 Å². The molecular weight excluding hydrogens is 260 g/mol. The first kappa shape index (κ1) is 15.8. The van der Waals surface area contributed by atoms with E-state index in [4.69, 9.17) is 17.3 Å². The fraction of sp³-hybridized carbons (Fsp3) is 0.533. The summed E-state index contributed by atoms with van der Waals surface area (Å²) < 4.78 is 0. The fourth-order valence-corrected chi connectivity index (χ4v) is 2.08. The van der Waals surface area contributed by atoms with E-state index < -0.39 is 0 Å². The number of hydrogen-bond donors (Lipinski definition) is 2. The van der Waals surface area contributed by atoms with E-state index in [1.165, 1.54) is 12.8 Å². The van der Waals surface area contributed by atoms with Crippen molar-refractivity contribution in [3.8, 4) is 0 Å². The van der Waals surface area contributed by atoms with Gasteiger partial charge in [-0.15, -0.1) is 0 Å². The number of nitrogens with one attached hydrogen (secondary N) is 1. The zero-order valence-electron chi connectivity index (χ0n) is 11.7. The molecule has 0 fully saturated rings. The monoisotopic (exact) mass is 282 g/mol. The molecule has 0 aliphatic carbocycles. The maximum Gasteiger partial charge on any atom is 0.251 e. The van der Waals surface area contributed by atoms with Crippen LogP contribution in [0.15, 0.2) is 18.2 Å². The number of unbranched alkanes of at least 4 members (excludes halogenated alkanes) is 1. The first-order chi connectivity index (χ1) is 9.08.